The molecule has 1 amide bonds. The van der Waals surface area contributed by atoms with Gasteiger partial charge in [0.2, 0.25) is 0 Å². The Hall–Kier alpha value is -2.73. The fraction of sp³-hybridized carbons (Fsp3) is 0.125. The zero-order valence-corrected chi connectivity index (χ0v) is 12.9. The standard InChI is InChI=1S/C16H13ClN2O4/c1-9(15(18)20)21-11-3-5-12(6-4-11)22-16-19-13-7-2-10(17)8-14(13)23-16/h2-9H,1H3,(H2,18,20). The second kappa shape index (κ2) is 6.18. The second-order valence-electron chi connectivity index (χ2n) is 4.83. The molecule has 0 aliphatic carbocycles. The van der Waals surface area contributed by atoms with E-state index >= 15 is 0 Å². The lowest BCUT2D eigenvalue weighted by atomic mass is 10.3. The van der Waals surface area contributed by atoms with Crippen LogP contribution in [0.4, 0.5) is 0 Å². The number of aromatic nitrogens is 1. The molecular weight excluding hydrogens is 320 g/mol. The van der Waals surface area contributed by atoms with Crippen LogP contribution in [0.25, 0.3) is 11.1 Å². The van der Waals surface area contributed by atoms with Gasteiger partial charge in [-0.05, 0) is 43.3 Å². The number of halogens is 1. The lowest BCUT2D eigenvalue weighted by Gasteiger charge is -2.11. The molecule has 7 heteroatoms. The summed E-state index contributed by atoms with van der Waals surface area (Å²) in [5.74, 6) is 0.491. The Labute approximate surface area is 136 Å². The van der Waals surface area contributed by atoms with Gasteiger partial charge in [-0.1, -0.05) is 11.6 Å². The summed E-state index contributed by atoms with van der Waals surface area (Å²) in [7, 11) is 0. The topological polar surface area (TPSA) is 87.6 Å². The summed E-state index contributed by atoms with van der Waals surface area (Å²) in [5, 5.41) is 0.560. The molecule has 0 aliphatic rings. The van der Waals surface area contributed by atoms with Gasteiger partial charge in [0.1, 0.15) is 17.0 Å². The van der Waals surface area contributed by atoms with Gasteiger partial charge in [0.25, 0.3) is 5.91 Å². The minimum absolute atomic E-state index is 0.112. The Morgan fingerprint density at radius 3 is 2.61 bits per heavy atom. The predicted molar refractivity (Wildman–Crippen MR) is 84.8 cm³/mol. The molecule has 23 heavy (non-hydrogen) atoms. The third kappa shape index (κ3) is 3.54. The lowest BCUT2D eigenvalue weighted by Crippen LogP contribution is -2.30. The fourth-order valence-electron chi connectivity index (χ4n) is 1.87. The number of fused-ring (bicyclic) bond motifs is 1. The summed E-state index contributed by atoms with van der Waals surface area (Å²) >= 11 is 5.89. The average molecular weight is 333 g/mol. The number of carbonyl (C=O) groups is 1. The van der Waals surface area contributed by atoms with Gasteiger partial charge in [0, 0.05) is 11.1 Å². The molecule has 1 unspecified atom stereocenters. The summed E-state index contributed by atoms with van der Waals surface area (Å²) in [4.78, 5) is 15.2. The molecule has 1 heterocycles. The maximum atomic E-state index is 11.0. The smallest absolute Gasteiger partial charge is 0.400 e. The zero-order valence-electron chi connectivity index (χ0n) is 12.2. The number of hydrogen-bond acceptors (Lipinski definition) is 5. The largest absolute Gasteiger partial charge is 0.481 e. The van der Waals surface area contributed by atoms with Crippen molar-refractivity contribution in [2.45, 2.75) is 13.0 Å². The maximum absolute atomic E-state index is 11.0. The van der Waals surface area contributed by atoms with E-state index in [0.29, 0.717) is 27.6 Å². The Kier molecular flexibility index (Phi) is 4.08. The highest BCUT2D eigenvalue weighted by molar-refractivity contribution is 6.31. The van der Waals surface area contributed by atoms with E-state index < -0.39 is 12.0 Å². The number of amides is 1. The van der Waals surface area contributed by atoms with Crippen LogP contribution >= 0.6 is 11.6 Å². The monoisotopic (exact) mass is 332 g/mol. The van der Waals surface area contributed by atoms with Crippen molar-refractivity contribution in [2.24, 2.45) is 5.73 Å². The number of hydrogen-bond donors (Lipinski definition) is 1. The molecule has 0 bridgehead atoms. The van der Waals surface area contributed by atoms with Crippen LogP contribution in [0.3, 0.4) is 0 Å². The minimum Gasteiger partial charge on any atom is -0.481 e. The SMILES string of the molecule is CC(Oc1ccc(Oc2nc3ccc(Cl)cc3o2)cc1)C(N)=O. The van der Waals surface area contributed by atoms with Crippen LogP contribution in [0.2, 0.25) is 5.02 Å². The highest BCUT2D eigenvalue weighted by Gasteiger charge is 2.11. The van der Waals surface area contributed by atoms with E-state index in [9.17, 15) is 4.79 Å². The predicted octanol–water partition coefficient (Wildman–Crippen LogP) is 3.53. The van der Waals surface area contributed by atoms with Crippen molar-refractivity contribution < 1.29 is 18.7 Å². The molecule has 118 valence electrons. The number of nitrogens with two attached hydrogens (primary N) is 1. The van der Waals surface area contributed by atoms with Crippen molar-refractivity contribution in [1.29, 1.82) is 0 Å². The van der Waals surface area contributed by atoms with Crippen LogP contribution in [-0.2, 0) is 4.79 Å². The van der Waals surface area contributed by atoms with E-state index in [1.807, 2.05) is 0 Å². The summed E-state index contributed by atoms with van der Waals surface area (Å²) in [6, 6.07) is 11.8. The van der Waals surface area contributed by atoms with E-state index in [-0.39, 0.29) is 6.08 Å². The van der Waals surface area contributed by atoms with Crippen molar-refractivity contribution in [2.75, 3.05) is 0 Å². The minimum atomic E-state index is -0.705. The van der Waals surface area contributed by atoms with Gasteiger partial charge in [-0.15, -0.1) is 0 Å². The number of benzene rings is 2. The van der Waals surface area contributed by atoms with E-state index in [1.165, 1.54) is 0 Å². The molecule has 6 nitrogen and oxygen atoms in total. The number of primary amides is 1. The number of ether oxygens (including phenoxy) is 2. The van der Waals surface area contributed by atoms with Gasteiger partial charge >= 0.3 is 6.08 Å². The van der Waals surface area contributed by atoms with Gasteiger partial charge in [-0.2, -0.15) is 4.98 Å². The van der Waals surface area contributed by atoms with Gasteiger partial charge in [-0.3, -0.25) is 4.79 Å². The van der Waals surface area contributed by atoms with Crippen molar-refractivity contribution in [3.63, 3.8) is 0 Å². The maximum Gasteiger partial charge on any atom is 0.400 e. The molecule has 2 aromatic carbocycles. The van der Waals surface area contributed by atoms with Gasteiger partial charge in [0.15, 0.2) is 11.7 Å². The van der Waals surface area contributed by atoms with Crippen LogP contribution in [0.5, 0.6) is 17.6 Å². The number of oxazole rings is 1. The average Bonchev–Trinajstić information content (AvgIpc) is 2.90. The summed E-state index contributed by atoms with van der Waals surface area (Å²) < 4.78 is 16.4. The highest BCUT2D eigenvalue weighted by atomic mass is 35.5. The van der Waals surface area contributed by atoms with Gasteiger partial charge in [-0.25, -0.2) is 0 Å². The molecule has 0 saturated heterocycles. The quantitative estimate of drug-likeness (QED) is 0.772. The van der Waals surface area contributed by atoms with Gasteiger partial charge in [0.05, 0.1) is 0 Å². The Bertz CT molecular complexity index is 845. The van der Waals surface area contributed by atoms with Crippen LogP contribution in [0.1, 0.15) is 6.92 Å². The first-order chi connectivity index (χ1) is 11.0. The normalized spacial score (nSPS) is 12.1. The van der Waals surface area contributed by atoms with Crippen LogP contribution in [0, 0.1) is 0 Å². The molecule has 3 rings (SSSR count). The number of nitrogens with zero attached hydrogens (tertiary/aromatic N) is 1. The fourth-order valence-corrected chi connectivity index (χ4v) is 2.03. The van der Waals surface area contributed by atoms with Crippen LogP contribution in [-0.4, -0.2) is 17.0 Å². The summed E-state index contributed by atoms with van der Waals surface area (Å²) in [6.07, 6.45) is -0.593. The third-order valence-corrected chi connectivity index (χ3v) is 3.31. The first kappa shape index (κ1) is 15.2. The molecule has 3 aromatic rings. The summed E-state index contributed by atoms with van der Waals surface area (Å²) in [6.45, 7) is 1.58. The Balaban J connectivity index is 1.73. The number of rotatable bonds is 5. The first-order valence-electron chi connectivity index (χ1n) is 6.81. The van der Waals surface area contributed by atoms with E-state index in [0.717, 1.165) is 0 Å². The third-order valence-electron chi connectivity index (χ3n) is 3.07. The molecule has 0 radical (unpaired) electrons. The van der Waals surface area contributed by atoms with E-state index in [2.05, 4.69) is 4.98 Å². The van der Waals surface area contributed by atoms with Gasteiger partial charge < -0.3 is 19.6 Å². The van der Waals surface area contributed by atoms with E-state index in [1.54, 1.807) is 49.4 Å². The Morgan fingerprint density at radius 1 is 1.22 bits per heavy atom. The first-order valence-corrected chi connectivity index (χ1v) is 7.19. The van der Waals surface area contributed by atoms with Crippen LogP contribution < -0.4 is 15.2 Å². The Morgan fingerprint density at radius 2 is 1.91 bits per heavy atom. The van der Waals surface area contributed by atoms with E-state index in [4.69, 9.17) is 31.2 Å². The molecule has 0 fully saturated rings. The molecule has 2 N–H and O–H groups in total. The summed E-state index contributed by atoms with van der Waals surface area (Å²) in [5.41, 5.74) is 6.34. The number of carbonyl (C=O) groups excluding carboxylic acids is 1. The van der Waals surface area contributed by atoms with Crippen molar-refractivity contribution in [3.05, 3.63) is 47.5 Å². The highest BCUT2D eigenvalue weighted by Crippen LogP contribution is 2.28. The molecule has 1 atom stereocenters. The van der Waals surface area contributed by atoms with Crippen molar-refractivity contribution >= 4 is 28.6 Å². The molecular formula is C16H13ClN2O4. The van der Waals surface area contributed by atoms with Crippen molar-refractivity contribution in [3.8, 4) is 17.6 Å². The second-order valence-corrected chi connectivity index (χ2v) is 5.26. The zero-order chi connectivity index (χ0) is 16.4. The molecule has 0 spiro atoms. The van der Waals surface area contributed by atoms with Crippen molar-refractivity contribution in [1.82, 2.24) is 4.98 Å². The molecule has 0 saturated carbocycles. The molecule has 1 aromatic heterocycles. The lowest BCUT2D eigenvalue weighted by molar-refractivity contribution is -0.123. The molecule has 0 aliphatic heterocycles. The van der Waals surface area contributed by atoms with Crippen LogP contribution in [0.15, 0.2) is 46.9 Å².